The number of hydrogen-bond acceptors (Lipinski definition) is 3. The van der Waals surface area contributed by atoms with Crippen LogP contribution in [0, 0.1) is 0 Å². The summed E-state index contributed by atoms with van der Waals surface area (Å²) in [7, 11) is 1.61. The van der Waals surface area contributed by atoms with Crippen LogP contribution in [0.3, 0.4) is 0 Å². The van der Waals surface area contributed by atoms with Crippen LogP contribution in [0.5, 0.6) is 0 Å². The van der Waals surface area contributed by atoms with Gasteiger partial charge >= 0.3 is 37.7 Å². The summed E-state index contributed by atoms with van der Waals surface area (Å²) >= 11 is 0. The predicted octanol–water partition coefficient (Wildman–Crippen LogP) is -1.27. The van der Waals surface area contributed by atoms with Crippen molar-refractivity contribution in [3.05, 3.63) is 0 Å². The predicted molar refractivity (Wildman–Crippen MR) is 38.3 cm³/mol. The van der Waals surface area contributed by atoms with E-state index in [1.165, 1.54) is 0 Å². The topological polar surface area (TPSA) is 38.7 Å². The number of methoxy groups -OCH3 is 1. The molecule has 1 N–H and O–H groups in total. The van der Waals surface area contributed by atoms with Gasteiger partial charge in [-0.2, -0.15) is 0 Å². The van der Waals surface area contributed by atoms with Gasteiger partial charge in [0, 0.05) is 7.11 Å². The summed E-state index contributed by atoms with van der Waals surface area (Å²) in [5, 5.41) is 8.20. The van der Waals surface area contributed by atoms with Gasteiger partial charge in [0.2, 0.25) is 0 Å². The molecule has 0 heterocycles. The fourth-order valence-corrected chi connectivity index (χ4v) is 0.309. The monoisotopic (exact) mass is 162 g/mol. The summed E-state index contributed by atoms with van der Waals surface area (Å²) < 4.78 is 9.53. The minimum absolute atomic E-state index is 0. The molecule has 0 rings (SSSR count). The number of rotatable bonds is 5. The Morgan fingerprint density at radius 3 is 2.33 bits per heavy atom. The molecule has 0 unspecified atom stereocenters. The number of ether oxygens (including phenoxy) is 2. The molecular formula is C5H14CaO3. The maximum atomic E-state index is 8.20. The van der Waals surface area contributed by atoms with Gasteiger partial charge in [-0.25, -0.2) is 0 Å². The number of aliphatic hydroxyl groups is 1. The second kappa shape index (κ2) is 11.9. The van der Waals surface area contributed by atoms with E-state index >= 15 is 0 Å². The normalized spacial score (nSPS) is 8.67. The van der Waals surface area contributed by atoms with E-state index < -0.39 is 0 Å². The summed E-state index contributed by atoms with van der Waals surface area (Å²) in [4.78, 5) is 0. The molecule has 0 aliphatic heterocycles. The van der Waals surface area contributed by atoms with Crippen LogP contribution in [0.1, 0.15) is 0 Å². The molecule has 0 saturated heterocycles. The Morgan fingerprint density at radius 1 is 1.22 bits per heavy atom. The minimum atomic E-state index is 0. The van der Waals surface area contributed by atoms with Crippen LogP contribution in [0.4, 0.5) is 0 Å². The van der Waals surface area contributed by atoms with Crippen LogP contribution in [0.2, 0.25) is 0 Å². The van der Waals surface area contributed by atoms with Crippen molar-refractivity contribution in [3.63, 3.8) is 0 Å². The van der Waals surface area contributed by atoms with Crippen molar-refractivity contribution < 1.29 is 14.6 Å². The molecule has 0 aliphatic carbocycles. The fraction of sp³-hybridized carbons (Fsp3) is 1.00. The average molecular weight is 162 g/mol. The van der Waals surface area contributed by atoms with Gasteiger partial charge in [-0.15, -0.1) is 0 Å². The second-order valence-electron chi connectivity index (χ2n) is 1.33. The first-order chi connectivity index (χ1) is 3.91. The van der Waals surface area contributed by atoms with E-state index in [0.29, 0.717) is 19.8 Å². The van der Waals surface area contributed by atoms with Gasteiger partial charge in [-0.3, -0.25) is 0 Å². The van der Waals surface area contributed by atoms with Crippen molar-refractivity contribution in [1.29, 1.82) is 0 Å². The molecule has 0 aromatic rings. The zero-order chi connectivity index (χ0) is 6.24. The van der Waals surface area contributed by atoms with Gasteiger partial charge in [0.15, 0.2) is 0 Å². The van der Waals surface area contributed by atoms with Crippen LogP contribution in [-0.2, 0) is 9.47 Å². The van der Waals surface area contributed by atoms with Crippen LogP contribution >= 0.6 is 0 Å². The summed E-state index contributed by atoms with van der Waals surface area (Å²) in [6, 6.07) is 0. The number of hydrogen-bond donors (Lipinski definition) is 1. The van der Waals surface area contributed by atoms with Crippen molar-refractivity contribution in [2.75, 3.05) is 33.5 Å². The Hall–Kier alpha value is 1.14. The summed E-state index contributed by atoms with van der Waals surface area (Å²) in [5.74, 6) is 0. The van der Waals surface area contributed by atoms with Gasteiger partial charge in [0.1, 0.15) is 0 Å². The summed E-state index contributed by atoms with van der Waals surface area (Å²) in [5.41, 5.74) is 0. The zero-order valence-corrected chi connectivity index (χ0v) is 5.09. The second-order valence-corrected chi connectivity index (χ2v) is 1.33. The SMILES string of the molecule is COCCOCCO.[CaH2]. The molecule has 4 heteroatoms. The van der Waals surface area contributed by atoms with Gasteiger partial charge in [0.05, 0.1) is 26.4 Å². The molecule has 0 fully saturated rings. The molecular weight excluding hydrogens is 148 g/mol. The number of aliphatic hydroxyl groups excluding tert-OH is 1. The molecule has 0 spiro atoms. The van der Waals surface area contributed by atoms with Gasteiger partial charge in [-0.1, -0.05) is 0 Å². The van der Waals surface area contributed by atoms with Gasteiger partial charge in [-0.05, 0) is 0 Å². The summed E-state index contributed by atoms with van der Waals surface area (Å²) in [6.45, 7) is 1.66. The van der Waals surface area contributed by atoms with E-state index in [1.54, 1.807) is 7.11 Å². The van der Waals surface area contributed by atoms with E-state index in [9.17, 15) is 0 Å². The van der Waals surface area contributed by atoms with Crippen LogP contribution < -0.4 is 0 Å². The third-order valence-electron chi connectivity index (χ3n) is 0.667. The van der Waals surface area contributed by atoms with Crippen molar-refractivity contribution in [2.45, 2.75) is 0 Å². The standard InChI is InChI=1S/C5H12O3.Ca.2H/c1-7-4-5-8-3-2-6;;;/h6H,2-5H2,1H3;;;. The van der Waals surface area contributed by atoms with Gasteiger partial charge in [0.25, 0.3) is 0 Å². The molecule has 0 aromatic heterocycles. The van der Waals surface area contributed by atoms with E-state index in [1.807, 2.05) is 0 Å². The first-order valence-corrected chi connectivity index (χ1v) is 2.59. The van der Waals surface area contributed by atoms with Crippen molar-refractivity contribution >= 4 is 37.7 Å². The third kappa shape index (κ3) is 12.4. The zero-order valence-electron chi connectivity index (χ0n) is 5.09. The molecule has 0 saturated carbocycles. The van der Waals surface area contributed by atoms with Crippen molar-refractivity contribution in [3.8, 4) is 0 Å². The Kier molecular flexibility index (Phi) is 16.9. The first kappa shape index (κ1) is 12.8. The third-order valence-corrected chi connectivity index (χ3v) is 0.667. The van der Waals surface area contributed by atoms with E-state index in [-0.39, 0.29) is 44.3 Å². The van der Waals surface area contributed by atoms with E-state index in [2.05, 4.69) is 4.74 Å². The summed E-state index contributed by atoms with van der Waals surface area (Å²) in [6.07, 6.45) is 0. The van der Waals surface area contributed by atoms with Crippen LogP contribution in [0.15, 0.2) is 0 Å². The molecule has 0 radical (unpaired) electrons. The molecule has 3 nitrogen and oxygen atoms in total. The van der Waals surface area contributed by atoms with Crippen molar-refractivity contribution in [1.82, 2.24) is 0 Å². The Morgan fingerprint density at radius 2 is 1.89 bits per heavy atom. The van der Waals surface area contributed by atoms with Crippen LogP contribution in [0.25, 0.3) is 0 Å². The Balaban J connectivity index is 0. The first-order valence-electron chi connectivity index (χ1n) is 2.59. The quantitative estimate of drug-likeness (QED) is 0.404. The van der Waals surface area contributed by atoms with Gasteiger partial charge < -0.3 is 14.6 Å². The fourth-order valence-electron chi connectivity index (χ4n) is 0.309. The van der Waals surface area contributed by atoms with Crippen LogP contribution in [-0.4, -0.2) is 76.4 Å². The molecule has 0 amide bonds. The Labute approximate surface area is 85.3 Å². The average Bonchev–Trinajstić information content (AvgIpc) is 1.81. The maximum absolute atomic E-state index is 8.20. The molecule has 0 atom stereocenters. The van der Waals surface area contributed by atoms with E-state index in [4.69, 9.17) is 9.84 Å². The van der Waals surface area contributed by atoms with Crippen molar-refractivity contribution in [2.24, 2.45) is 0 Å². The molecule has 54 valence electrons. The molecule has 0 aromatic carbocycles. The molecule has 0 aliphatic rings. The molecule has 9 heavy (non-hydrogen) atoms. The molecule has 0 bridgehead atoms. The van der Waals surface area contributed by atoms with E-state index in [0.717, 1.165) is 0 Å². The Bertz CT molecular complexity index is 37.2.